The van der Waals surface area contributed by atoms with E-state index < -0.39 is 35.6 Å². The molecule has 1 heterocycles. The molecule has 3 rings (SSSR count). The predicted octanol–water partition coefficient (Wildman–Crippen LogP) is 4.52. The number of aryl methyl sites for hydroxylation is 1. The Morgan fingerprint density at radius 1 is 1.13 bits per heavy atom. The Hall–Kier alpha value is -3.97. The van der Waals surface area contributed by atoms with Crippen LogP contribution in [-0.2, 0) is 20.9 Å². The molecule has 1 aromatic heterocycles. The van der Waals surface area contributed by atoms with Gasteiger partial charge in [-0.25, -0.2) is 19.0 Å². The molecular formula is C25H27F2N5O5S. The fourth-order valence-electron chi connectivity index (χ4n) is 3.51. The van der Waals surface area contributed by atoms with Gasteiger partial charge in [-0.2, -0.15) is 0 Å². The summed E-state index contributed by atoms with van der Waals surface area (Å²) in [4.78, 5) is 35.8. The van der Waals surface area contributed by atoms with E-state index >= 15 is 0 Å². The lowest BCUT2D eigenvalue weighted by molar-refractivity contribution is -0.137. The van der Waals surface area contributed by atoms with E-state index in [0.717, 1.165) is 33.5 Å². The highest BCUT2D eigenvalue weighted by Gasteiger charge is 2.24. The maximum atomic E-state index is 14.1. The number of ether oxygens (including phenoxy) is 1. The smallest absolute Gasteiger partial charge is 0.413 e. The maximum absolute atomic E-state index is 14.1. The molecule has 13 heteroatoms. The van der Waals surface area contributed by atoms with Crippen LogP contribution in [0.1, 0.15) is 37.3 Å². The summed E-state index contributed by atoms with van der Waals surface area (Å²) >= 11 is 1.15. The van der Waals surface area contributed by atoms with Crippen LogP contribution in [0.25, 0.3) is 10.6 Å². The maximum Gasteiger partial charge on any atom is 0.413 e. The summed E-state index contributed by atoms with van der Waals surface area (Å²) in [5.74, 6) is -3.59. The van der Waals surface area contributed by atoms with Gasteiger partial charge >= 0.3 is 12.1 Å². The first-order valence-electron chi connectivity index (χ1n) is 11.7. The molecule has 2 amide bonds. The van der Waals surface area contributed by atoms with E-state index in [1.165, 1.54) is 19.1 Å². The van der Waals surface area contributed by atoms with Crippen molar-refractivity contribution in [2.75, 3.05) is 11.9 Å². The van der Waals surface area contributed by atoms with E-state index in [9.17, 15) is 23.2 Å². The second-order valence-corrected chi connectivity index (χ2v) is 9.36. The zero-order valence-electron chi connectivity index (χ0n) is 20.7. The molecule has 3 N–H and O–H groups in total. The Morgan fingerprint density at radius 3 is 2.55 bits per heavy atom. The Morgan fingerprint density at radius 2 is 1.87 bits per heavy atom. The lowest BCUT2D eigenvalue weighted by atomic mass is 10.1. The van der Waals surface area contributed by atoms with Gasteiger partial charge < -0.3 is 9.84 Å². The number of anilines is 1. The van der Waals surface area contributed by atoms with Crippen molar-refractivity contribution in [3.05, 3.63) is 65.2 Å². The minimum Gasteiger partial charge on any atom is -0.481 e. The average Bonchev–Trinajstić information content (AvgIpc) is 3.33. The second kappa shape index (κ2) is 13.5. The molecule has 0 unspecified atom stereocenters. The van der Waals surface area contributed by atoms with E-state index in [1.54, 1.807) is 0 Å². The minimum atomic E-state index is -1.05. The van der Waals surface area contributed by atoms with E-state index in [2.05, 4.69) is 20.9 Å². The molecule has 0 aliphatic heterocycles. The van der Waals surface area contributed by atoms with Crippen LogP contribution >= 0.6 is 11.3 Å². The van der Waals surface area contributed by atoms with E-state index in [4.69, 9.17) is 9.84 Å². The van der Waals surface area contributed by atoms with Crippen molar-refractivity contribution in [3.63, 3.8) is 0 Å². The zero-order valence-corrected chi connectivity index (χ0v) is 21.6. The van der Waals surface area contributed by atoms with Crippen LogP contribution in [0.5, 0.6) is 0 Å². The first kappa shape index (κ1) is 28.6. The Bertz CT molecular complexity index is 1270. The van der Waals surface area contributed by atoms with Crippen molar-refractivity contribution in [1.29, 1.82) is 0 Å². The molecule has 10 nitrogen and oxygen atoms in total. The number of rotatable bonds is 12. The highest BCUT2D eigenvalue weighted by atomic mass is 32.1. The highest BCUT2D eigenvalue weighted by Crippen LogP contribution is 2.26. The first-order valence-corrected chi connectivity index (χ1v) is 12.5. The molecule has 38 heavy (non-hydrogen) atoms. The van der Waals surface area contributed by atoms with Crippen LogP contribution in [0.2, 0.25) is 0 Å². The molecule has 1 atom stereocenters. The van der Waals surface area contributed by atoms with Gasteiger partial charge in [0, 0.05) is 31.0 Å². The van der Waals surface area contributed by atoms with Crippen LogP contribution in [-0.4, -0.2) is 50.9 Å². The molecule has 0 radical (unpaired) electrons. The standard InChI is InChI=1S/C25H27F2N5O5S/c1-15-9-11-17(12-10-15)23-30-31-24(38-23)29-25(36)37-14-19(6-4-8-21(34)35)32(16(2)33)28-13-18-5-3-7-20(26)22(18)27/h3,5,7,9-12,19,28H,4,6,8,13-14H2,1-2H3,(H,34,35)(H,29,31,36)/t19-/m0/s1. The van der Waals surface area contributed by atoms with Crippen LogP contribution in [0.15, 0.2) is 42.5 Å². The summed E-state index contributed by atoms with van der Waals surface area (Å²) in [5, 5.41) is 21.4. The van der Waals surface area contributed by atoms with Gasteiger partial charge in [0.1, 0.15) is 11.6 Å². The number of aliphatic carboxylic acids is 1. The molecule has 3 aromatic rings. The van der Waals surface area contributed by atoms with E-state index in [-0.39, 0.29) is 43.1 Å². The van der Waals surface area contributed by atoms with Crippen molar-refractivity contribution in [2.45, 2.75) is 45.7 Å². The van der Waals surface area contributed by atoms with Crippen LogP contribution < -0.4 is 10.7 Å². The minimum absolute atomic E-state index is 0.0140. The first-order chi connectivity index (χ1) is 18.1. The Labute approximate surface area is 221 Å². The molecule has 2 aromatic carbocycles. The molecule has 0 bridgehead atoms. The van der Waals surface area contributed by atoms with Crippen LogP contribution in [0, 0.1) is 18.6 Å². The van der Waals surface area contributed by atoms with Crippen molar-refractivity contribution in [1.82, 2.24) is 20.6 Å². The summed E-state index contributed by atoms with van der Waals surface area (Å²) in [6.45, 7) is 2.68. The van der Waals surface area contributed by atoms with Gasteiger partial charge in [0.25, 0.3) is 0 Å². The number of carboxylic acid groups (broad SMARTS) is 1. The fraction of sp³-hybridized carbons (Fsp3) is 0.320. The third kappa shape index (κ3) is 8.28. The molecular weight excluding hydrogens is 520 g/mol. The number of nitrogens with one attached hydrogen (secondary N) is 2. The second-order valence-electron chi connectivity index (χ2n) is 8.38. The Balaban J connectivity index is 1.64. The monoisotopic (exact) mass is 547 g/mol. The fourth-order valence-corrected chi connectivity index (χ4v) is 4.25. The van der Waals surface area contributed by atoms with Gasteiger partial charge in [0.15, 0.2) is 11.6 Å². The average molecular weight is 548 g/mol. The van der Waals surface area contributed by atoms with E-state index in [1.807, 2.05) is 31.2 Å². The van der Waals surface area contributed by atoms with Crippen LogP contribution in [0.3, 0.4) is 0 Å². The van der Waals surface area contributed by atoms with Gasteiger partial charge in [-0.3, -0.25) is 19.9 Å². The topological polar surface area (TPSA) is 134 Å². The summed E-state index contributed by atoms with van der Waals surface area (Å²) < 4.78 is 32.9. The number of benzene rings is 2. The number of aromatic nitrogens is 2. The Kier molecular flexibility index (Phi) is 10.2. The van der Waals surface area contributed by atoms with Crippen molar-refractivity contribution in [3.8, 4) is 10.6 Å². The number of carbonyl (C=O) groups excluding carboxylic acids is 2. The number of carboxylic acids is 1. The van der Waals surface area contributed by atoms with E-state index in [0.29, 0.717) is 5.01 Å². The molecule has 0 aliphatic rings. The van der Waals surface area contributed by atoms with Gasteiger partial charge in [0.05, 0.1) is 6.04 Å². The van der Waals surface area contributed by atoms with Crippen molar-refractivity contribution >= 4 is 34.4 Å². The number of hydrazine groups is 1. The van der Waals surface area contributed by atoms with Gasteiger partial charge in [-0.15, -0.1) is 10.2 Å². The number of hydrogen-bond donors (Lipinski definition) is 3. The lowest BCUT2D eigenvalue weighted by Gasteiger charge is -2.31. The molecule has 0 spiro atoms. The number of hydrogen-bond acceptors (Lipinski definition) is 8. The highest BCUT2D eigenvalue weighted by molar-refractivity contribution is 7.18. The zero-order chi connectivity index (χ0) is 27.7. The van der Waals surface area contributed by atoms with Crippen molar-refractivity contribution < 1.29 is 33.0 Å². The summed E-state index contributed by atoms with van der Waals surface area (Å²) in [7, 11) is 0. The number of amides is 2. The lowest BCUT2D eigenvalue weighted by Crippen LogP contribution is -2.50. The summed E-state index contributed by atoms with van der Waals surface area (Å²) in [6.07, 6.45) is -0.672. The van der Waals surface area contributed by atoms with Crippen LogP contribution in [0.4, 0.5) is 18.7 Å². The molecule has 0 saturated carbocycles. The number of carbonyl (C=O) groups is 3. The SMILES string of the molecule is CC(=O)N(NCc1cccc(F)c1F)[C@@H](CCCC(=O)O)COC(=O)Nc1nnc(-c2ccc(C)cc2)s1. The molecule has 202 valence electrons. The van der Waals surface area contributed by atoms with Gasteiger partial charge in [-0.05, 0) is 25.8 Å². The normalized spacial score (nSPS) is 11.6. The number of halogens is 2. The van der Waals surface area contributed by atoms with Gasteiger partial charge in [0.2, 0.25) is 11.0 Å². The van der Waals surface area contributed by atoms with Crippen molar-refractivity contribution in [2.24, 2.45) is 0 Å². The summed E-state index contributed by atoms with van der Waals surface area (Å²) in [5.41, 5.74) is 4.65. The quantitative estimate of drug-likeness (QED) is 0.282. The van der Waals surface area contributed by atoms with Gasteiger partial charge in [-0.1, -0.05) is 53.3 Å². The largest absolute Gasteiger partial charge is 0.481 e. The predicted molar refractivity (Wildman–Crippen MR) is 136 cm³/mol. The summed E-state index contributed by atoms with van der Waals surface area (Å²) in [6, 6.07) is 10.5. The number of nitrogens with zero attached hydrogens (tertiary/aromatic N) is 3. The molecule has 0 saturated heterocycles. The molecule has 0 aliphatic carbocycles. The third-order valence-electron chi connectivity index (χ3n) is 5.44. The molecule has 0 fully saturated rings. The third-order valence-corrected chi connectivity index (χ3v) is 6.33.